The molecular formula is C22H17N3O5. The summed E-state index contributed by atoms with van der Waals surface area (Å²) in [6.45, 7) is -0.345. The number of aromatic nitrogens is 2. The van der Waals surface area contributed by atoms with E-state index in [1.54, 1.807) is 48.5 Å². The Bertz CT molecular complexity index is 1120. The van der Waals surface area contributed by atoms with Crippen LogP contribution in [0.1, 0.15) is 11.1 Å². The van der Waals surface area contributed by atoms with E-state index in [2.05, 4.69) is 9.97 Å². The fourth-order valence-corrected chi connectivity index (χ4v) is 2.59. The van der Waals surface area contributed by atoms with Crippen LogP contribution in [0.5, 0.6) is 23.3 Å². The molecule has 0 saturated heterocycles. The second-order valence-corrected chi connectivity index (χ2v) is 5.79. The molecule has 1 heterocycles. The van der Waals surface area contributed by atoms with E-state index in [9.17, 15) is 15.2 Å². The van der Waals surface area contributed by atoms with Crippen LogP contribution in [0.15, 0.2) is 67.0 Å². The van der Waals surface area contributed by atoms with Crippen LogP contribution >= 0.6 is 0 Å². The molecule has 3 aromatic rings. The average molecular weight is 403 g/mol. The third-order valence-electron chi connectivity index (χ3n) is 3.93. The highest BCUT2D eigenvalue weighted by molar-refractivity contribution is 6.17. The zero-order valence-corrected chi connectivity index (χ0v) is 16.0. The number of para-hydroxylation sites is 2. The Morgan fingerprint density at radius 3 is 2.37 bits per heavy atom. The van der Waals surface area contributed by atoms with Gasteiger partial charge in [-0.15, -0.1) is 0 Å². The molecule has 30 heavy (non-hydrogen) atoms. The molecule has 0 amide bonds. The van der Waals surface area contributed by atoms with E-state index >= 15 is 0 Å². The maximum Gasteiger partial charge on any atom is 0.338 e. The molecule has 1 N–H and O–H groups in total. The standard InChI is InChI=1S/C22H17N3O5/c1-28-22(27)17(10-11-26)16-7-3-5-9-19(16)30-21-12-20(24-14-25-21)29-18-8-4-2-6-15(18)13-23/h2-10,12,14,26H,11H2,1H3. The summed E-state index contributed by atoms with van der Waals surface area (Å²) in [6.07, 6.45) is 2.59. The van der Waals surface area contributed by atoms with Crippen molar-refractivity contribution in [3.05, 3.63) is 78.1 Å². The minimum absolute atomic E-state index is 0.157. The average Bonchev–Trinajstić information content (AvgIpc) is 2.78. The number of esters is 1. The van der Waals surface area contributed by atoms with Crippen LogP contribution in [0.25, 0.3) is 5.57 Å². The molecule has 0 unspecified atom stereocenters. The summed E-state index contributed by atoms with van der Waals surface area (Å²) >= 11 is 0. The monoisotopic (exact) mass is 403 g/mol. The Kier molecular flexibility index (Phi) is 6.71. The van der Waals surface area contributed by atoms with Crippen LogP contribution in [0, 0.1) is 11.3 Å². The van der Waals surface area contributed by atoms with Gasteiger partial charge in [-0.3, -0.25) is 0 Å². The molecule has 0 spiro atoms. The number of aliphatic hydroxyl groups excluding tert-OH is 1. The van der Waals surface area contributed by atoms with Crippen LogP contribution in [0.2, 0.25) is 0 Å². The van der Waals surface area contributed by atoms with Gasteiger partial charge >= 0.3 is 5.97 Å². The van der Waals surface area contributed by atoms with Crippen molar-refractivity contribution in [1.82, 2.24) is 9.97 Å². The minimum atomic E-state index is -0.611. The molecule has 0 aliphatic heterocycles. The fraction of sp³-hybridized carbons (Fsp3) is 0.0909. The third kappa shape index (κ3) is 4.79. The van der Waals surface area contributed by atoms with Gasteiger partial charge in [-0.25, -0.2) is 14.8 Å². The molecular weight excluding hydrogens is 386 g/mol. The van der Waals surface area contributed by atoms with Gasteiger partial charge in [-0.2, -0.15) is 5.26 Å². The summed E-state index contributed by atoms with van der Waals surface area (Å²) in [5.74, 6) is 0.405. The van der Waals surface area contributed by atoms with E-state index in [1.807, 2.05) is 6.07 Å². The molecule has 0 atom stereocenters. The molecule has 150 valence electrons. The number of methoxy groups -OCH3 is 1. The molecule has 0 fully saturated rings. The summed E-state index contributed by atoms with van der Waals surface area (Å²) in [5, 5.41) is 18.4. The smallest absolute Gasteiger partial charge is 0.338 e. The van der Waals surface area contributed by atoms with Crippen LogP contribution in [-0.2, 0) is 9.53 Å². The molecule has 8 heteroatoms. The van der Waals surface area contributed by atoms with Gasteiger partial charge in [0.2, 0.25) is 11.8 Å². The largest absolute Gasteiger partial charge is 0.465 e. The normalized spacial score (nSPS) is 10.8. The summed E-state index contributed by atoms with van der Waals surface area (Å²) < 4.78 is 16.3. The number of nitrogens with zero attached hydrogens (tertiary/aromatic N) is 3. The molecule has 0 radical (unpaired) electrons. The predicted molar refractivity (Wildman–Crippen MR) is 107 cm³/mol. The number of hydrogen-bond acceptors (Lipinski definition) is 8. The van der Waals surface area contributed by atoms with Gasteiger partial charge in [0.15, 0.2) is 0 Å². The van der Waals surface area contributed by atoms with Gasteiger partial charge in [0.05, 0.1) is 30.9 Å². The van der Waals surface area contributed by atoms with Crippen molar-refractivity contribution in [1.29, 1.82) is 5.26 Å². The van der Waals surface area contributed by atoms with Crippen molar-refractivity contribution in [3.8, 4) is 29.3 Å². The lowest BCUT2D eigenvalue weighted by molar-refractivity contribution is -0.133. The van der Waals surface area contributed by atoms with Crippen LogP contribution in [-0.4, -0.2) is 34.8 Å². The van der Waals surface area contributed by atoms with Gasteiger partial charge in [0.25, 0.3) is 0 Å². The molecule has 0 saturated carbocycles. The summed E-state index contributed by atoms with van der Waals surface area (Å²) in [7, 11) is 1.25. The summed E-state index contributed by atoms with van der Waals surface area (Å²) in [4.78, 5) is 20.2. The first-order chi connectivity index (χ1) is 14.7. The number of hydrogen-bond donors (Lipinski definition) is 1. The molecule has 8 nitrogen and oxygen atoms in total. The second-order valence-electron chi connectivity index (χ2n) is 5.79. The lowest BCUT2D eigenvalue weighted by Crippen LogP contribution is -2.06. The Hall–Kier alpha value is -4.22. The maximum absolute atomic E-state index is 12.1. The van der Waals surface area contributed by atoms with Crippen LogP contribution in [0.3, 0.4) is 0 Å². The molecule has 0 aliphatic carbocycles. The Labute approximate surface area is 172 Å². The first kappa shape index (κ1) is 20.5. The first-order valence-corrected chi connectivity index (χ1v) is 8.82. The van der Waals surface area contributed by atoms with Crippen molar-refractivity contribution in [3.63, 3.8) is 0 Å². The number of carbonyl (C=O) groups is 1. The fourth-order valence-electron chi connectivity index (χ4n) is 2.59. The van der Waals surface area contributed by atoms with E-state index in [1.165, 1.54) is 25.6 Å². The molecule has 0 bridgehead atoms. The number of rotatable bonds is 7. The minimum Gasteiger partial charge on any atom is -0.465 e. The second kappa shape index (κ2) is 9.82. The van der Waals surface area contributed by atoms with Crippen LogP contribution < -0.4 is 9.47 Å². The number of benzene rings is 2. The Morgan fingerprint density at radius 1 is 1.07 bits per heavy atom. The third-order valence-corrected chi connectivity index (χ3v) is 3.93. The zero-order valence-electron chi connectivity index (χ0n) is 16.0. The van der Waals surface area contributed by atoms with Gasteiger partial charge in [-0.1, -0.05) is 30.3 Å². The zero-order chi connectivity index (χ0) is 21.3. The van der Waals surface area contributed by atoms with Gasteiger partial charge in [-0.05, 0) is 24.3 Å². The van der Waals surface area contributed by atoms with E-state index in [-0.39, 0.29) is 23.9 Å². The van der Waals surface area contributed by atoms with Gasteiger partial charge in [0, 0.05) is 5.56 Å². The number of nitriles is 1. The van der Waals surface area contributed by atoms with Gasteiger partial charge < -0.3 is 19.3 Å². The number of aliphatic hydroxyl groups is 1. The van der Waals surface area contributed by atoms with Crippen molar-refractivity contribution < 1.29 is 24.1 Å². The highest BCUT2D eigenvalue weighted by Crippen LogP contribution is 2.31. The summed E-state index contributed by atoms with van der Waals surface area (Å²) in [6, 6.07) is 17.0. The highest BCUT2D eigenvalue weighted by atomic mass is 16.5. The van der Waals surface area contributed by atoms with Crippen LogP contribution in [0.4, 0.5) is 0 Å². The van der Waals surface area contributed by atoms with Gasteiger partial charge in [0.1, 0.15) is 23.9 Å². The maximum atomic E-state index is 12.1. The molecule has 1 aromatic heterocycles. The van der Waals surface area contributed by atoms with E-state index in [0.29, 0.717) is 22.6 Å². The molecule has 3 rings (SSSR count). The Balaban J connectivity index is 1.90. The SMILES string of the molecule is COC(=O)C(=CCO)c1ccccc1Oc1cc(Oc2ccccc2C#N)ncn1. The van der Waals surface area contributed by atoms with E-state index < -0.39 is 5.97 Å². The molecule has 0 aliphatic rings. The van der Waals surface area contributed by atoms with Crippen molar-refractivity contribution >= 4 is 11.5 Å². The summed E-state index contributed by atoms with van der Waals surface area (Å²) in [5.41, 5.74) is 0.944. The Morgan fingerprint density at radius 2 is 1.70 bits per heavy atom. The first-order valence-electron chi connectivity index (χ1n) is 8.82. The molecule has 2 aromatic carbocycles. The van der Waals surface area contributed by atoms with Crippen molar-refractivity contribution in [2.75, 3.05) is 13.7 Å². The highest BCUT2D eigenvalue weighted by Gasteiger charge is 2.17. The van der Waals surface area contributed by atoms with E-state index in [0.717, 1.165) is 0 Å². The lowest BCUT2D eigenvalue weighted by Gasteiger charge is -2.13. The predicted octanol–water partition coefficient (Wildman–Crippen LogP) is 3.48. The quantitative estimate of drug-likeness (QED) is 0.471. The number of ether oxygens (including phenoxy) is 3. The number of carbonyl (C=O) groups excluding carboxylic acids is 1. The van der Waals surface area contributed by atoms with Crippen molar-refractivity contribution in [2.24, 2.45) is 0 Å². The lowest BCUT2D eigenvalue weighted by atomic mass is 10.0. The van der Waals surface area contributed by atoms with Crippen molar-refractivity contribution in [2.45, 2.75) is 0 Å². The topological polar surface area (TPSA) is 115 Å². The van der Waals surface area contributed by atoms with E-state index in [4.69, 9.17) is 14.2 Å².